The maximum atomic E-state index is 12.1. The van der Waals surface area contributed by atoms with E-state index >= 15 is 0 Å². The summed E-state index contributed by atoms with van der Waals surface area (Å²) in [7, 11) is 0. The maximum Gasteiger partial charge on any atom is 0.268 e. The standard InChI is InChI=1S/C13H16N2O4/c1-3-18-14-12(16)8-15-10-6-4-5-7-11(10)19-9(2)13(15)17/h4-7,9H,3,8H2,1-2H3,(H,14,16). The minimum atomic E-state index is -0.602. The molecule has 2 amide bonds. The number of rotatable bonds is 4. The van der Waals surface area contributed by atoms with Crippen LogP contribution >= 0.6 is 0 Å². The Labute approximate surface area is 111 Å². The molecule has 19 heavy (non-hydrogen) atoms. The van der Waals surface area contributed by atoms with E-state index in [4.69, 9.17) is 9.57 Å². The molecule has 6 heteroatoms. The van der Waals surface area contributed by atoms with Gasteiger partial charge in [-0.25, -0.2) is 5.48 Å². The number of benzene rings is 1. The highest BCUT2D eigenvalue weighted by Gasteiger charge is 2.32. The van der Waals surface area contributed by atoms with Crippen molar-refractivity contribution >= 4 is 17.5 Å². The molecule has 1 aliphatic rings. The summed E-state index contributed by atoms with van der Waals surface area (Å²) in [4.78, 5) is 30.0. The van der Waals surface area contributed by atoms with Crippen LogP contribution in [0.2, 0.25) is 0 Å². The van der Waals surface area contributed by atoms with E-state index in [-0.39, 0.29) is 18.4 Å². The molecule has 6 nitrogen and oxygen atoms in total. The first-order valence-corrected chi connectivity index (χ1v) is 6.11. The largest absolute Gasteiger partial charge is 0.479 e. The summed E-state index contributed by atoms with van der Waals surface area (Å²) in [6, 6.07) is 7.12. The van der Waals surface area contributed by atoms with Gasteiger partial charge in [0.05, 0.1) is 12.3 Å². The van der Waals surface area contributed by atoms with Crippen LogP contribution in [0.5, 0.6) is 5.75 Å². The molecule has 1 unspecified atom stereocenters. The zero-order valence-corrected chi connectivity index (χ0v) is 10.9. The highest BCUT2D eigenvalue weighted by Crippen LogP contribution is 2.33. The monoisotopic (exact) mass is 264 g/mol. The number of nitrogens with one attached hydrogen (secondary N) is 1. The van der Waals surface area contributed by atoms with E-state index in [1.165, 1.54) is 4.90 Å². The second-order valence-corrected chi connectivity index (χ2v) is 4.11. The van der Waals surface area contributed by atoms with Crippen LogP contribution < -0.4 is 15.1 Å². The molecular formula is C13H16N2O4. The van der Waals surface area contributed by atoms with Gasteiger partial charge in [0.25, 0.3) is 11.8 Å². The van der Waals surface area contributed by atoms with Crippen molar-refractivity contribution in [3.63, 3.8) is 0 Å². The lowest BCUT2D eigenvalue weighted by atomic mass is 10.2. The summed E-state index contributed by atoms with van der Waals surface area (Å²) in [5, 5.41) is 0. The molecule has 102 valence electrons. The molecule has 0 bridgehead atoms. The Morgan fingerprint density at radius 2 is 2.21 bits per heavy atom. The Morgan fingerprint density at radius 3 is 2.95 bits per heavy atom. The highest BCUT2D eigenvalue weighted by atomic mass is 16.6. The number of anilines is 1. The number of para-hydroxylation sites is 2. The zero-order valence-electron chi connectivity index (χ0n) is 10.9. The Morgan fingerprint density at radius 1 is 1.47 bits per heavy atom. The number of hydroxylamine groups is 1. The predicted molar refractivity (Wildman–Crippen MR) is 68.7 cm³/mol. The summed E-state index contributed by atoms with van der Waals surface area (Å²) in [5.74, 6) is -0.0248. The second-order valence-electron chi connectivity index (χ2n) is 4.11. The number of carbonyl (C=O) groups is 2. The molecule has 0 aliphatic carbocycles. The van der Waals surface area contributed by atoms with Crippen LogP contribution in [0.1, 0.15) is 13.8 Å². The molecule has 1 atom stereocenters. The first-order valence-electron chi connectivity index (χ1n) is 6.11. The van der Waals surface area contributed by atoms with Crippen molar-refractivity contribution < 1.29 is 19.2 Å². The average molecular weight is 264 g/mol. The van der Waals surface area contributed by atoms with Gasteiger partial charge < -0.3 is 4.74 Å². The van der Waals surface area contributed by atoms with E-state index in [0.29, 0.717) is 18.0 Å². The topological polar surface area (TPSA) is 67.9 Å². The van der Waals surface area contributed by atoms with E-state index < -0.39 is 6.10 Å². The van der Waals surface area contributed by atoms with Gasteiger partial charge in [-0.1, -0.05) is 12.1 Å². The first kappa shape index (κ1) is 13.4. The lowest BCUT2D eigenvalue weighted by molar-refractivity contribution is -0.134. The van der Waals surface area contributed by atoms with E-state index in [1.807, 2.05) is 6.07 Å². The Bertz CT molecular complexity index is 489. The lowest BCUT2D eigenvalue weighted by Gasteiger charge is -2.32. The SMILES string of the molecule is CCONC(=O)CN1C(=O)C(C)Oc2ccccc21. The summed E-state index contributed by atoms with van der Waals surface area (Å²) in [5.41, 5.74) is 2.87. The minimum Gasteiger partial charge on any atom is -0.479 e. The molecule has 1 aromatic carbocycles. The predicted octanol–water partition coefficient (Wildman–Crippen LogP) is 0.868. The molecule has 1 N–H and O–H groups in total. The van der Waals surface area contributed by atoms with Gasteiger partial charge in [0, 0.05) is 0 Å². The van der Waals surface area contributed by atoms with Crippen LogP contribution in [0, 0.1) is 0 Å². The normalized spacial score (nSPS) is 17.7. The average Bonchev–Trinajstić information content (AvgIpc) is 2.41. The van der Waals surface area contributed by atoms with Gasteiger partial charge in [0.1, 0.15) is 12.3 Å². The van der Waals surface area contributed by atoms with Gasteiger partial charge in [0.2, 0.25) is 0 Å². The van der Waals surface area contributed by atoms with Crippen molar-refractivity contribution in [2.75, 3.05) is 18.1 Å². The van der Waals surface area contributed by atoms with E-state index in [1.54, 1.807) is 32.0 Å². The van der Waals surface area contributed by atoms with E-state index in [2.05, 4.69) is 5.48 Å². The van der Waals surface area contributed by atoms with Gasteiger partial charge in [0.15, 0.2) is 6.10 Å². The molecule has 0 fully saturated rings. The van der Waals surface area contributed by atoms with E-state index in [0.717, 1.165) is 0 Å². The third kappa shape index (κ3) is 2.85. The third-order valence-electron chi connectivity index (χ3n) is 2.71. The Kier molecular flexibility index (Phi) is 4.01. The fourth-order valence-corrected chi connectivity index (χ4v) is 1.85. The van der Waals surface area contributed by atoms with Crippen molar-refractivity contribution in [3.8, 4) is 5.75 Å². The van der Waals surface area contributed by atoms with Crippen molar-refractivity contribution in [2.45, 2.75) is 20.0 Å². The number of amides is 2. The van der Waals surface area contributed by atoms with Gasteiger partial charge in [-0.05, 0) is 26.0 Å². The number of carbonyl (C=O) groups excluding carboxylic acids is 2. The van der Waals surface area contributed by atoms with Crippen LogP contribution in [-0.4, -0.2) is 31.1 Å². The molecule has 1 aliphatic heterocycles. The van der Waals surface area contributed by atoms with Crippen LogP contribution in [-0.2, 0) is 14.4 Å². The molecule has 0 saturated carbocycles. The number of nitrogens with zero attached hydrogens (tertiary/aromatic N) is 1. The molecule has 0 saturated heterocycles. The lowest BCUT2D eigenvalue weighted by Crippen LogP contribution is -2.48. The van der Waals surface area contributed by atoms with Crippen molar-refractivity contribution in [1.29, 1.82) is 0 Å². The summed E-state index contributed by atoms with van der Waals surface area (Å²) in [6.07, 6.45) is -0.602. The van der Waals surface area contributed by atoms with Crippen LogP contribution in [0.15, 0.2) is 24.3 Å². The minimum absolute atomic E-state index is 0.0937. The molecule has 0 aromatic heterocycles. The van der Waals surface area contributed by atoms with Gasteiger partial charge in [-0.3, -0.25) is 19.3 Å². The maximum absolute atomic E-state index is 12.1. The van der Waals surface area contributed by atoms with Crippen LogP contribution in [0.4, 0.5) is 5.69 Å². The molecule has 0 radical (unpaired) electrons. The number of hydrogen-bond donors (Lipinski definition) is 1. The van der Waals surface area contributed by atoms with Gasteiger partial charge in [-0.2, -0.15) is 0 Å². The summed E-state index contributed by atoms with van der Waals surface area (Å²) >= 11 is 0. The zero-order chi connectivity index (χ0) is 13.8. The van der Waals surface area contributed by atoms with Crippen LogP contribution in [0.25, 0.3) is 0 Å². The summed E-state index contributed by atoms with van der Waals surface area (Å²) < 4.78 is 5.48. The molecule has 1 aromatic rings. The fraction of sp³-hybridized carbons (Fsp3) is 0.385. The quantitative estimate of drug-likeness (QED) is 0.819. The number of hydrogen-bond acceptors (Lipinski definition) is 4. The Balaban J connectivity index is 2.18. The fourth-order valence-electron chi connectivity index (χ4n) is 1.85. The molecular weight excluding hydrogens is 248 g/mol. The molecule has 1 heterocycles. The smallest absolute Gasteiger partial charge is 0.268 e. The second kappa shape index (κ2) is 5.71. The third-order valence-corrected chi connectivity index (χ3v) is 2.71. The Hall–Kier alpha value is -2.08. The highest BCUT2D eigenvalue weighted by molar-refractivity contribution is 6.03. The van der Waals surface area contributed by atoms with Gasteiger partial charge >= 0.3 is 0 Å². The van der Waals surface area contributed by atoms with Crippen LogP contribution in [0.3, 0.4) is 0 Å². The number of ether oxygens (including phenoxy) is 1. The first-order chi connectivity index (χ1) is 9.13. The molecule has 2 rings (SSSR count). The summed E-state index contributed by atoms with van der Waals surface area (Å²) in [6.45, 7) is 3.70. The van der Waals surface area contributed by atoms with E-state index in [9.17, 15) is 9.59 Å². The van der Waals surface area contributed by atoms with Crippen molar-refractivity contribution in [2.24, 2.45) is 0 Å². The van der Waals surface area contributed by atoms with Crippen molar-refractivity contribution in [3.05, 3.63) is 24.3 Å². The van der Waals surface area contributed by atoms with Crippen molar-refractivity contribution in [1.82, 2.24) is 5.48 Å². The molecule has 0 spiro atoms. The number of fused-ring (bicyclic) bond motifs is 1. The van der Waals surface area contributed by atoms with Gasteiger partial charge in [-0.15, -0.1) is 0 Å².